The molecule has 0 spiro atoms. The standard InChI is InChI=1S/C11H12N2O/c1-7-4-9-5-10-8(2-3-13(10)12)6-11(9)14-7/h2-3,5-7H,4,12H2,1H3. The number of nitrogens with zero attached hydrogens (tertiary/aromatic N) is 1. The molecule has 1 atom stereocenters. The van der Waals surface area contributed by atoms with Crippen LogP contribution in [0.3, 0.4) is 0 Å². The lowest BCUT2D eigenvalue weighted by Crippen LogP contribution is -2.05. The van der Waals surface area contributed by atoms with Gasteiger partial charge in [-0.15, -0.1) is 0 Å². The van der Waals surface area contributed by atoms with Gasteiger partial charge in [-0.25, -0.2) is 0 Å². The Hall–Kier alpha value is -1.64. The van der Waals surface area contributed by atoms with Crippen LogP contribution in [0.1, 0.15) is 12.5 Å². The molecule has 0 bridgehead atoms. The first-order chi connectivity index (χ1) is 6.74. The number of rotatable bonds is 0. The third kappa shape index (κ3) is 0.923. The van der Waals surface area contributed by atoms with Crippen molar-refractivity contribution in [2.75, 3.05) is 5.84 Å². The molecule has 14 heavy (non-hydrogen) atoms. The maximum atomic E-state index is 5.78. The van der Waals surface area contributed by atoms with E-state index in [1.165, 1.54) is 5.56 Å². The highest BCUT2D eigenvalue weighted by molar-refractivity contribution is 5.83. The van der Waals surface area contributed by atoms with Crippen LogP contribution in [0.2, 0.25) is 0 Å². The van der Waals surface area contributed by atoms with Gasteiger partial charge in [-0.05, 0) is 30.7 Å². The van der Waals surface area contributed by atoms with Crippen molar-refractivity contribution in [3.8, 4) is 5.75 Å². The fourth-order valence-electron chi connectivity index (χ4n) is 2.06. The third-order valence-electron chi connectivity index (χ3n) is 2.74. The first kappa shape index (κ1) is 7.74. The highest BCUT2D eigenvalue weighted by Crippen LogP contribution is 2.32. The number of benzene rings is 1. The van der Waals surface area contributed by atoms with Crippen LogP contribution >= 0.6 is 0 Å². The van der Waals surface area contributed by atoms with Gasteiger partial charge in [-0.1, -0.05) is 0 Å². The lowest BCUT2D eigenvalue weighted by atomic mass is 10.1. The van der Waals surface area contributed by atoms with Gasteiger partial charge in [0.05, 0.1) is 5.52 Å². The Morgan fingerprint density at radius 1 is 1.50 bits per heavy atom. The van der Waals surface area contributed by atoms with Gasteiger partial charge >= 0.3 is 0 Å². The molecule has 2 aromatic rings. The van der Waals surface area contributed by atoms with E-state index in [4.69, 9.17) is 10.6 Å². The van der Waals surface area contributed by atoms with E-state index in [1.807, 2.05) is 12.3 Å². The molecule has 3 heteroatoms. The van der Waals surface area contributed by atoms with Gasteiger partial charge in [0.15, 0.2) is 0 Å². The van der Waals surface area contributed by atoms with Crippen LogP contribution in [-0.2, 0) is 6.42 Å². The van der Waals surface area contributed by atoms with E-state index in [0.29, 0.717) is 6.10 Å². The Kier molecular flexibility index (Phi) is 1.35. The predicted octanol–water partition coefficient (Wildman–Crippen LogP) is 1.68. The molecular formula is C11H12N2O. The lowest BCUT2D eigenvalue weighted by molar-refractivity contribution is 0.255. The molecule has 0 aliphatic carbocycles. The smallest absolute Gasteiger partial charge is 0.123 e. The largest absolute Gasteiger partial charge is 0.490 e. The summed E-state index contributed by atoms with van der Waals surface area (Å²) in [5.74, 6) is 6.79. The molecular weight excluding hydrogens is 176 g/mol. The molecule has 0 fully saturated rings. The minimum atomic E-state index is 0.294. The monoisotopic (exact) mass is 188 g/mol. The maximum Gasteiger partial charge on any atom is 0.123 e. The SMILES string of the molecule is CC1Cc2cc3c(ccn3N)cc2O1. The quantitative estimate of drug-likeness (QED) is 0.639. The summed E-state index contributed by atoms with van der Waals surface area (Å²) in [4.78, 5) is 0. The van der Waals surface area contributed by atoms with Crippen molar-refractivity contribution in [3.63, 3.8) is 0 Å². The molecule has 1 unspecified atom stereocenters. The number of aromatic nitrogens is 1. The van der Waals surface area contributed by atoms with Crippen LogP contribution in [0.15, 0.2) is 24.4 Å². The molecule has 0 saturated heterocycles. The van der Waals surface area contributed by atoms with Crippen LogP contribution in [0, 0.1) is 0 Å². The Balaban J connectivity index is 2.28. The summed E-state index contributed by atoms with van der Waals surface area (Å²) < 4.78 is 7.33. The van der Waals surface area contributed by atoms with Crippen LogP contribution in [-0.4, -0.2) is 10.8 Å². The second kappa shape index (κ2) is 2.44. The van der Waals surface area contributed by atoms with Gasteiger partial charge in [0.2, 0.25) is 0 Å². The van der Waals surface area contributed by atoms with Crippen molar-refractivity contribution in [2.45, 2.75) is 19.4 Å². The Morgan fingerprint density at radius 3 is 3.21 bits per heavy atom. The van der Waals surface area contributed by atoms with E-state index < -0.39 is 0 Å². The Morgan fingerprint density at radius 2 is 2.36 bits per heavy atom. The maximum absolute atomic E-state index is 5.78. The van der Waals surface area contributed by atoms with E-state index in [-0.39, 0.29) is 0 Å². The third-order valence-corrected chi connectivity index (χ3v) is 2.74. The van der Waals surface area contributed by atoms with Gasteiger partial charge in [0.1, 0.15) is 11.9 Å². The number of hydrogen-bond donors (Lipinski definition) is 1. The van der Waals surface area contributed by atoms with E-state index in [1.54, 1.807) is 4.68 Å². The zero-order valence-electron chi connectivity index (χ0n) is 8.03. The number of hydrogen-bond acceptors (Lipinski definition) is 2. The molecule has 1 aliphatic rings. The highest BCUT2D eigenvalue weighted by Gasteiger charge is 2.19. The Labute approximate surface area is 82.0 Å². The molecule has 2 heterocycles. The minimum Gasteiger partial charge on any atom is -0.490 e. The molecule has 72 valence electrons. The molecule has 3 nitrogen and oxygen atoms in total. The van der Waals surface area contributed by atoms with Crippen LogP contribution in [0.25, 0.3) is 10.9 Å². The zero-order valence-corrected chi connectivity index (χ0v) is 8.03. The highest BCUT2D eigenvalue weighted by atomic mass is 16.5. The number of nitrogens with two attached hydrogens (primary N) is 1. The molecule has 1 aromatic heterocycles. The molecule has 0 saturated carbocycles. The first-order valence-corrected chi connectivity index (χ1v) is 4.80. The van der Waals surface area contributed by atoms with Gasteiger partial charge in [-0.3, -0.25) is 4.68 Å². The van der Waals surface area contributed by atoms with Crippen LogP contribution in [0.5, 0.6) is 5.75 Å². The number of nitrogen functional groups attached to an aromatic ring is 1. The first-order valence-electron chi connectivity index (χ1n) is 4.80. The summed E-state index contributed by atoms with van der Waals surface area (Å²) in [6.07, 6.45) is 3.14. The summed E-state index contributed by atoms with van der Waals surface area (Å²) >= 11 is 0. The molecule has 1 aromatic carbocycles. The van der Waals surface area contributed by atoms with E-state index in [0.717, 1.165) is 23.1 Å². The summed E-state index contributed by atoms with van der Waals surface area (Å²) in [5, 5.41) is 1.14. The summed E-state index contributed by atoms with van der Waals surface area (Å²) in [7, 11) is 0. The van der Waals surface area contributed by atoms with Crippen molar-refractivity contribution < 1.29 is 4.74 Å². The average molecular weight is 188 g/mol. The second-order valence-corrected chi connectivity index (χ2v) is 3.87. The molecule has 0 radical (unpaired) electrons. The van der Waals surface area contributed by atoms with Crippen LogP contribution < -0.4 is 10.6 Å². The molecule has 0 amide bonds. The van der Waals surface area contributed by atoms with Crippen molar-refractivity contribution in [1.82, 2.24) is 4.68 Å². The summed E-state index contributed by atoms with van der Waals surface area (Å²) in [5.41, 5.74) is 2.33. The average Bonchev–Trinajstić information content (AvgIpc) is 2.66. The van der Waals surface area contributed by atoms with Gasteiger partial charge < -0.3 is 10.6 Å². The zero-order chi connectivity index (χ0) is 9.71. The number of ether oxygens (including phenoxy) is 1. The van der Waals surface area contributed by atoms with E-state index >= 15 is 0 Å². The molecule has 3 rings (SSSR count). The lowest BCUT2D eigenvalue weighted by Gasteiger charge is -2.02. The van der Waals surface area contributed by atoms with Gasteiger partial charge in [0.25, 0.3) is 0 Å². The summed E-state index contributed by atoms with van der Waals surface area (Å²) in [6, 6.07) is 6.19. The minimum absolute atomic E-state index is 0.294. The molecule has 1 aliphatic heterocycles. The van der Waals surface area contributed by atoms with Crippen molar-refractivity contribution >= 4 is 10.9 Å². The topological polar surface area (TPSA) is 40.2 Å². The Bertz CT molecular complexity index is 501. The van der Waals surface area contributed by atoms with E-state index in [2.05, 4.69) is 19.1 Å². The fourth-order valence-corrected chi connectivity index (χ4v) is 2.06. The molecule has 2 N–H and O–H groups in total. The van der Waals surface area contributed by atoms with Crippen molar-refractivity contribution in [3.05, 3.63) is 30.0 Å². The van der Waals surface area contributed by atoms with Gasteiger partial charge in [-0.2, -0.15) is 0 Å². The van der Waals surface area contributed by atoms with Crippen LogP contribution in [0.4, 0.5) is 0 Å². The van der Waals surface area contributed by atoms with E-state index in [9.17, 15) is 0 Å². The van der Waals surface area contributed by atoms with Gasteiger partial charge in [0, 0.05) is 18.0 Å². The fraction of sp³-hybridized carbons (Fsp3) is 0.273. The normalized spacial score (nSPS) is 19.6. The predicted molar refractivity (Wildman–Crippen MR) is 55.9 cm³/mol. The number of fused-ring (bicyclic) bond motifs is 2. The summed E-state index contributed by atoms with van der Waals surface area (Å²) in [6.45, 7) is 2.08. The van der Waals surface area contributed by atoms with Crippen molar-refractivity contribution in [1.29, 1.82) is 0 Å². The second-order valence-electron chi connectivity index (χ2n) is 3.87. The van der Waals surface area contributed by atoms with Crippen molar-refractivity contribution in [2.24, 2.45) is 0 Å².